The third-order valence-corrected chi connectivity index (χ3v) is 4.51. The average molecular weight is 321 g/mol. The van der Waals surface area contributed by atoms with Gasteiger partial charge in [0.1, 0.15) is 11.5 Å². The molecule has 2 aromatic heterocycles. The molecule has 1 aliphatic heterocycles. The summed E-state index contributed by atoms with van der Waals surface area (Å²) in [6.07, 6.45) is 1.96. The number of hydrogen-bond acceptors (Lipinski definition) is 4. The van der Waals surface area contributed by atoms with Crippen molar-refractivity contribution in [2.75, 3.05) is 13.1 Å². The van der Waals surface area contributed by atoms with E-state index in [0.29, 0.717) is 12.2 Å². The molecule has 6 nitrogen and oxygen atoms in total. The summed E-state index contributed by atoms with van der Waals surface area (Å²) in [5.41, 5.74) is 1.35. The molecule has 1 amide bonds. The van der Waals surface area contributed by atoms with Crippen molar-refractivity contribution in [3.63, 3.8) is 0 Å². The van der Waals surface area contributed by atoms with Crippen LogP contribution in [0, 0.1) is 6.92 Å². The number of rotatable bonds is 2. The zero-order chi connectivity index (χ0) is 16.5. The highest BCUT2D eigenvalue weighted by atomic mass is 16.2. The number of aromatic nitrogens is 4. The van der Waals surface area contributed by atoms with Crippen molar-refractivity contribution < 1.29 is 4.79 Å². The first-order chi connectivity index (χ1) is 11.7. The Kier molecular flexibility index (Phi) is 3.72. The minimum atomic E-state index is -0.0160. The molecule has 0 radical (unpaired) electrons. The van der Waals surface area contributed by atoms with Crippen LogP contribution in [0.15, 0.2) is 36.4 Å². The fourth-order valence-corrected chi connectivity index (χ4v) is 3.26. The minimum absolute atomic E-state index is 0.0160. The lowest BCUT2D eigenvalue weighted by molar-refractivity contribution is 0.0699. The van der Waals surface area contributed by atoms with Crippen LogP contribution in [0.2, 0.25) is 0 Å². The molecule has 1 fully saturated rings. The van der Waals surface area contributed by atoms with E-state index in [1.807, 2.05) is 48.2 Å². The number of nitrogens with one attached hydrogen (secondary N) is 1. The molecule has 0 saturated carbocycles. The molecule has 0 spiro atoms. The summed E-state index contributed by atoms with van der Waals surface area (Å²) in [7, 11) is 0. The normalized spacial score (nSPS) is 18.0. The fraction of sp³-hybridized carbons (Fsp3) is 0.333. The first-order valence-corrected chi connectivity index (χ1v) is 8.25. The van der Waals surface area contributed by atoms with Gasteiger partial charge in [-0.2, -0.15) is 5.10 Å². The van der Waals surface area contributed by atoms with Crippen molar-refractivity contribution >= 4 is 16.8 Å². The quantitative estimate of drug-likeness (QED) is 0.787. The van der Waals surface area contributed by atoms with Crippen LogP contribution in [0.5, 0.6) is 0 Å². The van der Waals surface area contributed by atoms with Crippen LogP contribution in [-0.2, 0) is 0 Å². The number of benzene rings is 1. The fourth-order valence-electron chi connectivity index (χ4n) is 3.26. The monoisotopic (exact) mass is 321 g/mol. The second-order valence-corrected chi connectivity index (χ2v) is 6.26. The van der Waals surface area contributed by atoms with E-state index in [9.17, 15) is 4.79 Å². The van der Waals surface area contributed by atoms with Gasteiger partial charge in [-0.1, -0.05) is 24.3 Å². The van der Waals surface area contributed by atoms with E-state index in [0.717, 1.165) is 41.9 Å². The van der Waals surface area contributed by atoms with Gasteiger partial charge >= 0.3 is 0 Å². The predicted molar refractivity (Wildman–Crippen MR) is 90.7 cm³/mol. The lowest BCUT2D eigenvalue weighted by Gasteiger charge is -2.31. The van der Waals surface area contributed by atoms with Gasteiger partial charge < -0.3 is 4.90 Å². The molecule has 0 unspecified atom stereocenters. The molecule has 24 heavy (non-hydrogen) atoms. The smallest absolute Gasteiger partial charge is 0.272 e. The Morgan fingerprint density at radius 2 is 2.08 bits per heavy atom. The first-order valence-electron chi connectivity index (χ1n) is 8.25. The van der Waals surface area contributed by atoms with Crippen LogP contribution in [0.3, 0.4) is 0 Å². The number of H-pyrrole nitrogens is 1. The summed E-state index contributed by atoms with van der Waals surface area (Å²) in [5, 5.41) is 8.19. The van der Waals surface area contributed by atoms with Crippen LogP contribution in [0.4, 0.5) is 0 Å². The second kappa shape index (κ2) is 6.03. The molecule has 1 atom stereocenters. The Labute approximate surface area is 139 Å². The maximum Gasteiger partial charge on any atom is 0.272 e. The van der Waals surface area contributed by atoms with Crippen LogP contribution in [0.1, 0.15) is 40.9 Å². The third-order valence-electron chi connectivity index (χ3n) is 4.51. The highest BCUT2D eigenvalue weighted by molar-refractivity contribution is 5.95. The zero-order valence-corrected chi connectivity index (χ0v) is 13.6. The number of para-hydroxylation sites is 1. The van der Waals surface area contributed by atoms with Crippen molar-refractivity contribution in [3.05, 3.63) is 53.7 Å². The van der Waals surface area contributed by atoms with Gasteiger partial charge in [0.05, 0.1) is 5.52 Å². The van der Waals surface area contributed by atoms with Crippen molar-refractivity contribution in [1.29, 1.82) is 0 Å². The van der Waals surface area contributed by atoms with Gasteiger partial charge in [0, 0.05) is 24.4 Å². The van der Waals surface area contributed by atoms with Gasteiger partial charge in [0.2, 0.25) is 0 Å². The van der Waals surface area contributed by atoms with Gasteiger partial charge in [-0.05, 0) is 31.9 Å². The molecular weight excluding hydrogens is 302 g/mol. The number of pyridine rings is 1. The van der Waals surface area contributed by atoms with E-state index in [1.165, 1.54) is 0 Å². The number of carbonyl (C=O) groups is 1. The molecular formula is C18H19N5O. The van der Waals surface area contributed by atoms with Gasteiger partial charge in [-0.25, -0.2) is 9.97 Å². The third kappa shape index (κ3) is 2.75. The Hall–Kier alpha value is -2.76. The number of amides is 1. The first kappa shape index (κ1) is 14.8. The van der Waals surface area contributed by atoms with Crippen molar-refractivity contribution in [2.24, 2.45) is 0 Å². The minimum Gasteiger partial charge on any atom is -0.337 e. The molecule has 1 aromatic carbocycles. The molecule has 3 aromatic rings. The summed E-state index contributed by atoms with van der Waals surface area (Å²) in [6.45, 7) is 3.29. The predicted octanol–water partition coefficient (Wildman–Crippen LogP) is 2.68. The van der Waals surface area contributed by atoms with E-state index in [-0.39, 0.29) is 11.8 Å². The van der Waals surface area contributed by atoms with Gasteiger partial charge in [-0.3, -0.25) is 9.89 Å². The lowest BCUT2D eigenvalue weighted by Crippen LogP contribution is -2.39. The summed E-state index contributed by atoms with van der Waals surface area (Å²) in [5.74, 6) is 1.78. The lowest BCUT2D eigenvalue weighted by atomic mass is 9.97. The highest BCUT2D eigenvalue weighted by Gasteiger charge is 2.28. The summed E-state index contributed by atoms with van der Waals surface area (Å²) in [6, 6.07) is 11.6. The Balaban J connectivity index is 1.56. The molecule has 122 valence electrons. The Bertz CT molecular complexity index is 888. The highest BCUT2D eigenvalue weighted by Crippen LogP contribution is 2.25. The van der Waals surface area contributed by atoms with Crippen LogP contribution in [0.25, 0.3) is 10.9 Å². The molecule has 1 saturated heterocycles. The van der Waals surface area contributed by atoms with Gasteiger partial charge in [0.25, 0.3) is 5.91 Å². The molecule has 1 aliphatic rings. The number of fused-ring (bicyclic) bond motifs is 1. The number of aromatic amines is 1. The Morgan fingerprint density at radius 3 is 2.92 bits per heavy atom. The van der Waals surface area contributed by atoms with E-state index < -0.39 is 0 Å². The average Bonchev–Trinajstić information content (AvgIpc) is 3.07. The van der Waals surface area contributed by atoms with Crippen LogP contribution < -0.4 is 0 Å². The number of hydrogen-bond donors (Lipinski definition) is 1. The molecule has 0 aliphatic carbocycles. The van der Waals surface area contributed by atoms with E-state index >= 15 is 0 Å². The van der Waals surface area contributed by atoms with E-state index in [2.05, 4.69) is 20.2 Å². The van der Waals surface area contributed by atoms with Crippen LogP contribution in [-0.4, -0.2) is 44.1 Å². The summed E-state index contributed by atoms with van der Waals surface area (Å²) >= 11 is 0. The maximum absolute atomic E-state index is 12.8. The summed E-state index contributed by atoms with van der Waals surface area (Å²) < 4.78 is 0. The number of likely N-dealkylation sites (tertiary alicyclic amines) is 1. The van der Waals surface area contributed by atoms with E-state index in [1.54, 1.807) is 0 Å². The Morgan fingerprint density at radius 1 is 1.21 bits per heavy atom. The molecule has 3 heterocycles. The van der Waals surface area contributed by atoms with Gasteiger partial charge in [0.15, 0.2) is 5.82 Å². The molecule has 0 bridgehead atoms. The van der Waals surface area contributed by atoms with Crippen molar-refractivity contribution in [3.8, 4) is 0 Å². The zero-order valence-electron chi connectivity index (χ0n) is 13.6. The van der Waals surface area contributed by atoms with E-state index in [4.69, 9.17) is 0 Å². The topological polar surface area (TPSA) is 74.8 Å². The SMILES string of the molecule is Cc1nc([C@H]2CCCN(C(=O)c3ccc4ccccc4n3)C2)n[nH]1. The molecule has 6 heteroatoms. The standard InChI is InChI=1S/C18H19N5O/c1-12-19-17(22-21-12)14-6-4-10-23(11-14)18(24)16-9-8-13-5-2-3-7-15(13)20-16/h2-3,5,7-9,14H,4,6,10-11H2,1H3,(H,19,21,22)/t14-/m0/s1. The van der Waals surface area contributed by atoms with Crippen molar-refractivity contribution in [2.45, 2.75) is 25.7 Å². The second-order valence-electron chi connectivity index (χ2n) is 6.26. The molecule has 4 rings (SSSR count). The number of carbonyl (C=O) groups excluding carboxylic acids is 1. The van der Waals surface area contributed by atoms with Crippen LogP contribution >= 0.6 is 0 Å². The van der Waals surface area contributed by atoms with Crippen molar-refractivity contribution in [1.82, 2.24) is 25.1 Å². The van der Waals surface area contributed by atoms with Gasteiger partial charge in [-0.15, -0.1) is 0 Å². The molecule has 1 N–H and O–H groups in total. The number of nitrogens with zero attached hydrogens (tertiary/aromatic N) is 4. The number of aryl methyl sites for hydroxylation is 1. The maximum atomic E-state index is 12.8. The largest absolute Gasteiger partial charge is 0.337 e. The number of piperidine rings is 1. The summed E-state index contributed by atoms with van der Waals surface area (Å²) in [4.78, 5) is 23.7.